The molecule has 1 heterocycles. The van der Waals surface area contributed by atoms with Crippen molar-refractivity contribution in [1.29, 1.82) is 0 Å². The normalized spacial score (nSPS) is 10.8. The predicted octanol–water partition coefficient (Wildman–Crippen LogP) is 2.96. The third kappa shape index (κ3) is 2.71. The number of para-hydroxylation sites is 1. The summed E-state index contributed by atoms with van der Waals surface area (Å²) in [6.07, 6.45) is 1.42. The first-order valence-corrected chi connectivity index (χ1v) is 7.51. The second-order valence-electron chi connectivity index (χ2n) is 4.72. The summed E-state index contributed by atoms with van der Waals surface area (Å²) in [4.78, 5) is 27.4. The van der Waals surface area contributed by atoms with Gasteiger partial charge in [0.05, 0.1) is 28.7 Å². The number of nitrogens with zero attached hydrogens (tertiary/aromatic N) is 3. The van der Waals surface area contributed by atoms with Gasteiger partial charge in [0.2, 0.25) is 0 Å². The van der Waals surface area contributed by atoms with Crippen LogP contribution < -0.4 is 5.56 Å². The van der Waals surface area contributed by atoms with Crippen LogP contribution in [0.5, 0.6) is 0 Å². The number of nitro groups is 1. The number of halogens is 1. The quantitative estimate of drug-likeness (QED) is 0.380. The third-order valence-electron chi connectivity index (χ3n) is 3.32. The highest BCUT2D eigenvalue weighted by atomic mass is 127. The van der Waals surface area contributed by atoms with Crippen molar-refractivity contribution in [3.8, 4) is 0 Å². The maximum absolute atomic E-state index is 12.4. The molecule has 0 aliphatic rings. The zero-order chi connectivity index (χ0) is 15.7. The molecular weight excluding hydrogens is 397 g/mol. The Hall–Kier alpha value is -2.29. The monoisotopic (exact) mass is 407 g/mol. The topological polar surface area (TPSA) is 78.0 Å². The van der Waals surface area contributed by atoms with Crippen LogP contribution in [0.3, 0.4) is 0 Å². The molecule has 3 rings (SSSR count). The van der Waals surface area contributed by atoms with Gasteiger partial charge in [-0.1, -0.05) is 12.1 Å². The maximum Gasteiger partial charge on any atom is 0.275 e. The second kappa shape index (κ2) is 5.84. The van der Waals surface area contributed by atoms with E-state index < -0.39 is 4.92 Å². The molecule has 0 saturated carbocycles. The first-order valence-electron chi connectivity index (χ1n) is 6.43. The maximum atomic E-state index is 12.4. The van der Waals surface area contributed by atoms with Crippen LogP contribution in [-0.2, 0) is 6.54 Å². The first kappa shape index (κ1) is 14.6. The average molecular weight is 407 g/mol. The average Bonchev–Trinajstić information content (AvgIpc) is 2.51. The van der Waals surface area contributed by atoms with E-state index in [1.165, 1.54) is 17.0 Å². The standard InChI is InChI=1S/C15H10IN3O3/c16-11-6-5-10(14(7-11)19(21)22)8-18-9-17-13-4-2-1-3-12(13)15(18)20/h1-7,9H,8H2. The zero-order valence-corrected chi connectivity index (χ0v) is 13.4. The van der Waals surface area contributed by atoms with E-state index in [1.807, 2.05) is 28.7 Å². The molecule has 22 heavy (non-hydrogen) atoms. The van der Waals surface area contributed by atoms with Crippen LogP contribution in [0.25, 0.3) is 10.9 Å². The summed E-state index contributed by atoms with van der Waals surface area (Å²) in [7, 11) is 0. The van der Waals surface area contributed by atoms with Gasteiger partial charge in [-0.15, -0.1) is 0 Å². The minimum Gasteiger partial charge on any atom is -0.294 e. The van der Waals surface area contributed by atoms with Crippen LogP contribution in [-0.4, -0.2) is 14.5 Å². The van der Waals surface area contributed by atoms with Crippen molar-refractivity contribution >= 4 is 39.2 Å². The van der Waals surface area contributed by atoms with Gasteiger partial charge in [-0.25, -0.2) is 4.98 Å². The number of hydrogen-bond donors (Lipinski definition) is 0. The molecule has 0 fully saturated rings. The summed E-state index contributed by atoms with van der Waals surface area (Å²) in [6, 6.07) is 12.0. The fraction of sp³-hybridized carbons (Fsp3) is 0.0667. The number of nitro benzene ring substituents is 1. The molecule has 0 spiro atoms. The molecule has 0 atom stereocenters. The summed E-state index contributed by atoms with van der Waals surface area (Å²) >= 11 is 2.02. The molecule has 0 radical (unpaired) electrons. The van der Waals surface area contributed by atoms with E-state index >= 15 is 0 Å². The largest absolute Gasteiger partial charge is 0.294 e. The molecule has 2 aromatic carbocycles. The number of fused-ring (bicyclic) bond motifs is 1. The van der Waals surface area contributed by atoms with E-state index in [4.69, 9.17) is 0 Å². The highest BCUT2D eigenvalue weighted by Gasteiger charge is 2.15. The Morgan fingerprint density at radius 2 is 2.00 bits per heavy atom. The number of aromatic nitrogens is 2. The molecule has 3 aromatic rings. The lowest BCUT2D eigenvalue weighted by Crippen LogP contribution is -2.21. The van der Waals surface area contributed by atoms with Gasteiger partial charge in [0.15, 0.2) is 0 Å². The van der Waals surface area contributed by atoms with Crippen molar-refractivity contribution in [1.82, 2.24) is 9.55 Å². The van der Waals surface area contributed by atoms with Gasteiger partial charge in [-0.3, -0.25) is 19.5 Å². The fourth-order valence-electron chi connectivity index (χ4n) is 2.24. The highest BCUT2D eigenvalue weighted by molar-refractivity contribution is 14.1. The molecular formula is C15H10IN3O3. The number of rotatable bonds is 3. The molecule has 1 aromatic heterocycles. The van der Waals surface area contributed by atoms with E-state index in [2.05, 4.69) is 4.98 Å². The van der Waals surface area contributed by atoms with Crippen molar-refractivity contribution in [2.75, 3.05) is 0 Å². The summed E-state index contributed by atoms with van der Waals surface area (Å²) in [5, 5.41) is 11.7. The van der Waals surface area contributed by atoms with Gasteiger partial charge < -0.3 is 0 Å². The minimum absolute atomic E-state index is 0.00644. The predicted molar refractivity (Wildman–Crippen MR) is 90.9 cm³/mol. The van der Waals surface area contributed by atoms with Crippen molar-refractivity contribution in [2.24, 2.45) is 0 Å². The van der Waals surface area contributed by atoms with Crippen LogP contribution in [0.15, 0.2) is 53.6 Å². The summed E-state index contributed by atoms with van der Waals surface area (Å²) < 4.78 is 2.16. The number of hydrogen-bond acceptors (Lipinski definition) is 4. The molecule has 0 bridgehead atoms. The molecule has 0 aliphatic carbocycles. The summed E-state index contributed by atoms with van der Waals surface area (Å²) in [6.45, 7) is 0.115. The zero-order valence-electron chi connectivity index (χ0n) is 11.3. The molecule has 0 N–H and O–H groups in total. The van der Waals surface area contributed by atoms with Crippen LogP contribution in [0, 0.1) is 13.7 Å². The Labute approximate surface area is 138 Å². The van der Waals surface area contributed by atoms with Crippen LogP contribution >= 0.6 is 22.6 Å². The first-order chi connectivity index (χ1) is 10.6. The van der Waals surface area contributed by atoms with E-state index in [0.717, 1.165) is 3.57 Å². The lowest BCUT2D eigenvalue weighted by molar-refractivity contribution is -0.385. The Kier molecular flexibility index (Phi) is 3.88. The summed E-state index contributed by atoms with van der Waals surface area (Å²) in [5.41, 5.74) is 0.885. The van der Waals surface area contributed by atoms with Gasteiger partial charge in [0, 0.05) is 15.2 Å². The van der Waals surface area contributed by atoms with Gasteiger partial charge >= 0.3 is 0 Å². The van der Waals surface area contributed by atoms with Crippen LogP contribution in [0.1, 0.15) is 5.56 Å². The lowest BCUT2D eigenvalue weighted by Gasteiger charge is -2.07. The second-order valence-corrected chi connectivity index (χ2v) is 5.97. The van der Waals surface area contributed by atoms with Crippen LogP contribution in [0.4, 0.5) is 5.69 Å². The smallest absolute Gasteiger partial charge is 0.275 e. The Bertz CT molecular complexity index is 937. The lowest BCUT2D eigenvalue weighted by atomic mass is 10.1. The third-order valence-corrected chi connectivity index (χ3v) is 3.99. The van der Waals surface area contributed by atoms with Gasteiger partial charge in [-0.2, -0.15) is 0 Å². The molecule has 0 saturated heterocycles. The van der Waals surface area contributed by atoms with Crippen molar-refractivity contribution in [3.63, 3.8) is 0 Å². The molecule has 0 unspecified atom stereocenters. The van der Waals surface area contributed by atoms with Gasteiger partial charge in [0.1, 0.15) is 0 Å². The van der Waals surface area contributed by atoms with Crippen molar-refractivity contribution in [2.45, 2.75) is 6.54 Å². The molecule has 0 amide bonds. The molecule has 7 heteroatoms. The fourth-order valence-corrected chi connectivity index (χ4v) is 2.72. The van der Waals surface area contributed by atoms with Gasteiger partial charge in [0.25, 0.3) is 11.2 Å². The summed E-state index contributed by atoms with van der Waals surface area (Å²) in [5.74, 6) is 0. The molecule has 6 nitrogen and oxygen atoms in total. The molecule has 110 valence electrons. The Morgan fingerprint density at radius 1 is 1.23 bits per heavy atom. The SMILES string of the molecule is O=c1c2ccccc2ncn1Cc1ccc(I)cc1[N+](=O)[O-]. The van der Waals surface area contributed by atoms with E-state index in [1.54, 1.807) is 30.3 Å². The van der Waals surface area contributed by atoms with Gasteiger partial charge in [-0.05, 0) is 46.9 Å². The Morgan fingerprint density at radius 3 is 2.77 bits per heavy atom. The number of benzene rings is 2. The van der Waals surface area contributed by atoms with Crippen molar-refractivity contribution in [3.05, 3.63) is 78.4 Å². The minimum atomic E-state index is -0.434. The van der Waals surface area contributed by atoms with E-state index in [0.29, 0.717) is 16.5 Å². The van der Waals surface area contributed by atoms with Crippen molar-refractivity contribution < 1.29 is 4.92 Å². The van der Waals surface area contributed by atoms with E-state index in [9.17, 15) is 14.9 Å². The highest BCUT2D eigenvalue weighted by Crippen LogP contribution is 2.22. The molecule has 0 aliphatic heterocycles. The van der Waals surface area contributed by atoms with E-state index in [-0.39, 0.29) is 17.8 Å². The Balaban J connectivity index is 2.09. The van der Waals surface area contributed by atoms with Crippen LogP contribution in [0.2, 0.25) is 0 Å².